The van der Waals surface area contributed by atoms with E-state index in [4.69, 9.17) is 11.0 Å². The number of nitrogens with zero attached hydrogens (tertiary/aromatic N) is 2. The third-order valence-corrected chi connectivity index (χ3v) is 4.45. The molecule has 0 saturated heterocycles. The molecular formula is C14H14N4OS. The number of hydrogen-bond acceptors (Lipinski definition) is 5. The van der Waals surface area contributed by atoms with Crippen LogP contribution >= 0.6 is 11.3 Å². The fraction of sp³-hybridized carbons (Fsp3) is 0.357. The highest BCUT2D eigenvalue weighted by Gasteiger charge is 2.45. The molecule has 5 nitrogen and oxygen atoms in total. The van der Waals surface area contributed by atoms with Gasteiger partial charge in [-0.3, -0.25) is 4.79 Å². The molecule has 3 N–H and O–H groups in total. The maximum atomic E-state index is 12.0. The largest absolute Gasteiger partial charge is 0.336 e. The summed E-state index contributed by atoms with van der Waals surface area (Å²) in [6, 6.07) is 9.29. The molecule has 3 rings (SSSR count). The number of aromatic nitrogens is 1. The minimum atomic E-state index is -0.665. The number of carbonyl (C=O) groups is 1. The van der Waals surface area contributed by atoms with E-state index in [0.717, 1.165) is 15.2 Å². The standard InChI is InChI=1S/C14H14N4OS/c15-8-14(5-6-14)18-13(19)9(16)7-12-17-10-3-1-2-4-11(10)20-12/h1-4,9H,5-7,16H2,(H,18,19). The lowest BCUT2D eigenvalue weighted by Gasteiger charge is -2.13. The van der Waals surface area contributed by atoms with Gasteiger partial charge in [0.2, 0.25) is 5.91 Å². The van der Waals surface area contributed by atoms with Crippen LogP contribution in [-0.2, 0) is 11.2 Å². The second-order valence-electron chi connectivity index (χ2n) is 5.07. The van der Waals surface area contributed by atoms with Crippen LogP contribution in [0.1, 0.15) is 17.8 Å². The Morgan fingerprint density at radius 1 is 1.55 bits per heavy atom. The number of nitrogens with two attached hydrogens (primary N) is 1. The zero-order valence-corrected chi connectivity index (χ0v) is 11.6. The Bertz CT molecular complexity index is 666. The topological polar surface area (TPSA) is 91.8 Å². The number of nitriles is 1. The predicted molar refractivity (Wildman–Crippen MR) is 77.0 cm³/mol. The zero-order chi connectivity index (χ0) is 14.2. The highest BCUT2D eigenvalue weighted by molar-refractivity contribution is 7.18. The first-order valence-corrected chi connectivity index (χ1v) is 7.27. The van der Waals surface area contributed by atoms with Crippen LogP contribution in [-0.4, -0.2) is 22.5 Å². The number of nitrogens with one attached hydrogen (secondary N) is 1. The van der Waals surface area contributed by atoms with Crippen LogP contribution in [0.5, 0.6) is 0 Å². The van der Waals surface area contributed by atoms with Gasteiger partial charge in [-0.2, -0.15) is 5.26 Å². The van der Waals surface area contributed by atoms with Gasteiger partial charge in [0.1, 0.15) is 5.54 Å². The average Bonchev–Trinajstić information content (AvgIpc) is 3.09. The summed E-state index contributed by atoms with van der Waals surface area (Å²) in [5.74, 6) is -0.275. The van der Waals surface area contributed by atoms with Gasteiger partial charge in [0.15, 0.2) is 0 Å². The molecule has 1 aromatic heterocycles. The lowest BCUT2D eigenvalue weighted by molar-refractivity contribution is -0.122. The van der Waals surface area contributed by atoms with Crippen molar-refractivity contribution in [2.45, 2.75) is 30.8 Å². The van der Waals surface area contributed by atoms with E-state index in [2.05, 4.69) is 16.4 Å². The summed E-state index contributed by atoms with van der Waals surface area (Å²) in [6.45, 7) is 0. The van der Waals surface area contributed by atoms with Crippen molar-refractivity contribution >= 4 is 27.5 Å². The lowest BCUT2D eigenvalue weighted by atomic mass is 10.2. The molecule has 0 aliphatic heterocycles. The summed E-state index contributed by atoms with van der Waals surface area (Å²) in [4.78, 5) is 16.4. The molecule has 1 saturated carbocycles. The highest BCUT2D eigenvalue weighted by Crippen LogP contribution is 2.34. The third kappa shape index (κ3) is 2.50. The summed E-state index contributed by atoms with van der Waals surface area (Å²) in [5, 5.41) is 12.5. The van der Waals surface area contributed by atoms with Gasteiger partial charge in [-0.1, -0.05) is 12.1 Å². The van der Waals surface area contributed by atoms with Gasteiger partial charge in [0.05, 0.1) is 27.3 Å². The van der Waals surface area contributed by atoms with Crippen LogP contribution in [0.25, 0.3) is 10.2 Å². The Morgan fingerprint density at radius 3 is 2.95 bits per heavy atom. The number of hydrogen-bond donors (Lipinski definition) is 2. The molecule has 1 atom stereocenters. The minimum Gasteiger partial charge on any atom is -0.336 e. The summed E-state index contributed by atoms with van der Waals surface area (Å²) < 4.78 is 1.09. The molecule has 20 heavy (non-hydrogen) atoms. The summed E-state index contributed by atoms with van der Waals surface area (Å²) in [5.41, 5.74) is 6.17. The number of rotatable bonds is 4. The van der Waals surface area contributed by atoms with Gasteiger partial charge in [-0.15, -0.1) is 11.3 Å². The molecule has 2 aromatic rings. The summed E-state index contributed by atoms with van der Waals surface area (Å²) in [6.07, 6.45) is 1.82. The van der Waals surface area contributed by atoms with E-state index in [-0.39, 0.29) is 5.91 Å². The predicted octanol–water partition coefficient (Wildman–Crippen LogP) is 1.34. The molecule has 1 unspecified atom stereocenters. The SMILES string of the molecule is N#CC1(NC(=O)C(N)Cc2nc3ccccc3s2)CC1. The molecule has 1 fully saturated rings. The smallest absolute Gasteiger partial charge is 0.238 e. The monoisotopic (exact) mass is 286 g/mol. The first-order valence-electron chi connectivity index (χ1n) is 6.45. The number of carbonyl (C=O) groups excluding carboxylic acids is 1. The maximum absolute atomic E-state index is 12.0. The van der Waals surface area contributed by atoms with E-state index in [9.17, 15) is 4.79 Å². The van der Waals surface area contributed by atoms with Crippen molar-refractivity contribution in [2.24, 2.45) is 5.73 Å². The van der Waals surface area contributed by atoms with Crippen LogP contribution in [0.4, 0.5) is 0 Å². The van der Waals surface area contributed by atoms with Crippen molar-refractivity contribution in [1.29, 1.82) is 5.26 Å². The van der Waals surface area contributed by atoms with Crippen LogP contribution in [0.15, 0.2) is 24.3 Å². The second kappa shape index (κ2) is 4.85. The number of fused-ring (bicyclic) bond motifs is 1. The van der Waals surface area contributed by atoms with Crippen molar-refractivity contribution in [3.8, 4) is 6.07 Å². The first kappa shape index (κ1) is 13.0. The van der Waals surface area contributed by atoms with Crippen LogP contribution < -0.4 is 11.1 Å². The Kier molecular flexibility index (Phi) is 3.16. The van der Waals surface area contributed by atoms with Gasteiger partial charge >= 0.3 is 0 Å². The molecule has 1 aromatic carbocycles. The fourth-order valence-corrected chi connectivity index (χ4v) is 3.03. The van der Waals surface area contributed by atoms with E-state index >= 15 is 0 Å². The van der Waals surface area contributed by atoms with Crippen LogP contribution in [0.3, 0.4) is 0 Å². The first-order chi connectivity index (χ1) is 9.62. The molecule has 1 amide bonds. The molecular weight excluding hydrogens is 272 g/mol. The van der Waals surface area contributed by atoms with Gasteiger partial charge in [-0.05, 0) is 25.0 Å². The quantitative estimate of drug-likeness (QED) is 0.887. The Balaban J connectivity index is 1.67. The molecule has 1 aliphatic carbocycles. The Hall–Kier alpha value is -1.97. The van der Waals surface area contributed by atoms with Gasteiger partial charge in [0, 0.05) is 6.42 Å². The Morgan fingerprint density at radius 2 is 2.30 bits per heavy atom. The Labute approximate surface area is 120 Å². The number of amides is 1. The van der Waals surface area contributed by atoms with E-state index in [0.29, 0.717) is 19.3 Å². The molecule has 1 aliphatic rings. The summed E-state index contributed by atoms with van der Waals surface area (Å²) >= 11 is 1.55. The third-order valence-electron chi connectivity index (χ3n) is 3.40. The van der Waals surface area contributed by atoms with Crippen LogP contribution in [0.2, 0.25) is 0 Å². The zero-order valence-electron chi connectivity index (χ0n) is 10.8. The van der Waals surface area contributed by atoms with Crippen molar-refractivity contribution < 1.29 is 4.79 Å². The van der Waals surface area contributed by atoms with Gasteiger partial charge in [-0.25, -0.2) is 4.98 Å². The van der Waals surface area contributed by atoms with Crippen LogP contribution in [0, 0.1) is 11.3 Å². The number of para-hydroxylation sites is 1. The number of thiazole rings is 1. The van der Waals surface area contributed by atoms with E-state index < -0.39 is 11.6 Å². The number of benzene rings is 1. The van der Waals surface area contributed by atoms with Gasteiger partial charge in [0.25, 0.3) is 0 Å². The van der Waals surface area contributed by atoms with E-state index in [1.54, 1.807) is 11.3 Å². The molecule has 1 heterocycles. The molecule has 0 radical (unpaired) electrons. The molecule has 0 spiro atoms. The second-order valence-corrected chi connectivity index (χ2v) is 6.18. The molecule has 6 heteroatoms. The minimum absolute atomic E-state index is 0.275. The summed E-state index contributed by atoms with van der Waals surface area (Å²) in [7, 11) is 0. The van der Waals surface area contributed by atoms with Crippen molar-refractivity contribution in [1.82, 2.24) is 10.3 Å². The highest BCUT2D eigenvalue weighted by atomic mass is 32.1. The maximum Gasteiger partial charge on any atom is 0.238 e. The molecule has 0 bridgehead atoms. The van der Waals surface area contributed by atoms with E-state index in [1.165, 1.54) is 0 Å². The van der Waals surface area contributed by atoms with Crippen molar-refractivity contribution in [2.75, 3.05) is 0 Å². The van der Waals surface area contributed by atoms with Crippen molar-refractivity contribution in [3.05, 3.63) is 29.3 Å². The fourth-order valence-electron chi connectivity index (χ4n) is 2.01. The van der Waals surface area contributed by atoms with Crippen molar-refractivity contribution in [3.63, 3.8) is 0 Å². The average molecular weight is 286 g/mol. The molecule has 102 valence electrons. The van der Waals surface area contributed by atoms with Gasteiger partial charge < -0.3 is 11.1 Å². The normalized spacial score (nSPS) is 17.4. The van der Waals surface area contributed by atoms with E-state index in [1.807, 2.05) is 24.3 Å². The lowest BCUT2D eigenvalue weighted by Crippen LogP contribution is -2.47.